The van der Waals surface area contributed by atoms with Gasteiger partial charge in [0.25, 0.3) is 5.91 Å². The van der Waals surface area contributed by atoms with Crippen LogP contribution in [0.3, 0.4) is 0 Å². The van der Waals surface area contributed by atoms with Crippen molar-refractivity contribution in [2.75, 3.05) is 13.1 Å². The number of benzene rings is 1. The maximum absolute atomic E-state index is 12.4. The summed E-state index contributed by atoms with van der Waals surface area (Å²) >= 11 is 6.11. The number of piperidine rings is 1. The van der Waals surface area contributed by atoms with Crippen molar-refractivity contribution in [1.29, 1.82) is 0 Å². The quantitative estimate of drug-likeness (QED) is 0.846. The van der Waals surface area contributed by atoms with E-state index in [1.807, 2.05) is 11.8 Å². The Kier molecular flexibility index (Phi) is 4.35. The van der Waals surface area contributed by atoms with E-state index < -0.39 is 0 Å². The molecular formula is C15H20ClNO2. The molecule has 104 valence electrons. The summed E-state index contributed by atoms with van der Waals surface area (Å²) < 4.78 is 0. The van der Waals surface area contributed by atoms with E-state index in [0.717, 1.165) is 31.5 Å². The number of alkyl halides is 1. The Labute approximate surface area is 119 Å². The van der Waals surface area contributed by atoms with Crippen molar-refractivity contribution in [3.8, 4) is 5.75 Å². The zero-order valence-corrected chi connectivity index (χ0v) is 12.2. The zero-order valence-electron chi connectivity index (χ0n) is 11.4. The Bertz CT molecular complexity index is 465. The minimum Gasteiger partial charge on any atom is -0.508 e. The van der Waals surface area contributed by atoms with Gasteiger partial charge < -0.3 is 10.0 Å². The highest BCUT2D eigenvalue weighted by molar-refractivity contribution is 6.20. The molecule has 4 heteroatoms. The first-order valence-corrected chi connectivity index (χ1v) is 7.15. The molecule has 1 atom stereocenters. The van der Waals surface area contributed by atoms with Crippen LogP contribution >= 0.6 is 11.6 Å². The molecule has 1 fully saturated rings. The van der Waals surface area contributed by atoms with Gasteiger partial charge in [-0.3, -0.25) is 4.79 Å². The molecule has 0 spiro atoms. The van der Waals surface area contributed by atoms with Gasteiger partial charge in [0.15, 0.2) is 0 Å². The highest BCUT2D eigenvalue weighted by Gasteiger charge is 2.26. The van der Waals surface area contributed by atoms with Crippen LogP contribution in [0.4, 0.5) is 0 Å². The monoisotopic (exact) mass is 281 g/mol. The largest absolute Gasteiger partial charge is 0.508 e. The molecule has 1 aliphatic heterocycles. The molecule has 0 radical (unpaired) electrons. The number of hydrogen-bond donors (Lipinski definition) is 1. The number of phenols is 1. The second-order valence-electron chi connectivity index (χ2n) is 5.31. The van der Waals surface area contributed by atoms with Crippen molar-refractivity contribution in [3.63, 3.8) is 0 Å². The first-order chi connectivity index (χ1) is 8.99. The van der Waals surface area contributed by atoms with Crippen LogP contribution in [0.25, 0.3) is 0 Å². The number of carbonyl (C=O) groups is 1. The predicted octanol–water partition coefficient (Wildman–Crippen LogP) is 3.18. The van der Waals surface area contributed by atoms with Crippen LogP contribution in [-0.4, -0.2) is 34.4 Å². The average molecular weight is 282 g/mol. The van der Waals surface area contributed by atoms with E-state index in [1.165, 1.54) is 0 Å². The number of amides is 1. The maximum Gasteiger partial charge on any atom is 0.253 e. The summed E-state index contributed by atoms with van der Waals surface area (Å²) in [6, 6.07) is 5.00. The van der Waals surface area contributed by atoms with E-state index >= 15 is 0 Å². The van der Waals surface area contributed by atoms with E-state index in [-0.39, 0.29) is 17.0 Å². The second-order valence-corrected chi connectivity index (χ2v) is 6.00. The summed E-state index contributed by atoms with van der Waals surface area (Å²) in [6.45, 7) is 5.35. The molecule has 1 amide bonds. The molecule has 1 saturated heterocycles. The maximum atomic E-state index is 12.4. The fourth-order valence-electron chi connectivity index (χ4n) is 2.53. The fraction of sp³-hybridized carbons (Fsp3) is 0.533. The molecule has 19 heavy (non-hydrogen) atoms. The fourth-order valence-corrected chi connectivity index (χ4v) is 2.78. The number of likely N-dealkylation sites (tertiary alicyclic amines) is 1. The van der Waals surface area contributed by atoms with Crippen LogP contribution in [0.5, 0.6) is 5.75 Å². The molecule has 1 aromatic carbocycles. The normalized spacial score (nSPS) is 18.4. The summed E-state index contributed by atoms with van der Waals surface area (Å²) in [7, 11) is 0. The highest BCUT2D eigenvalue weighted by Crippen LogP contribution is 2.25. The van der Waals surface area contributed by atoms with Gasteiger partial charge in [0.2, 0.25) is 0 Å². The number of aromatic hydroxyl groups is 1. The third-order valence-electron chi connectivity index (χ3n) is 3.92. The number of nitrogens with zero attached hydrogens (tertiary/aromatic N) is 1. The molecule has 2 rings (SSSR count). The van der Waals surface area contributed by atoms with E-state index in [0.29, 0.717) is 11.5 Å². The number of hydrogen-bond acceptors (Lipinski definition) is 2. The molecule has 3 nitrogen and oxygen atoms in total. The summed E-state index contributed by atoms with van der Waals surface area (Å²) in [5.41, 5.74) is 1.38. The van der Waals surface area contributed by atoms with Crippen LogP contribution < -0.4 is 0 Å². The van der Waals surface area contributed by atoms with Gasteiger partial charge >= 0.3 is 0 Å². The lowest BCUT2D eigenvalue weighted by Gasteiger charge is -2.33. The van der Waals surface area contributed by atoms with Gasteiger partial charge in [-0.15, -0.1) is 11.6 Å². The lowest BCUT2D eigenvalue weighted by molar-refractivity contribution is 0.0690. The summed E-state index contributed by atoms with van der Waals surface area (Å²) in [4.78, 5) is 14.2. The van der Waals surface area contributed by atoms with Gasteiger partial charge in [-0.25, -0.2) is 0 Å². The van der Waals surface area contributed by atoms with E-state index in [2.05, 4.69) is 0 Å². The first-order valence-electron chi connectivity index (χ1n) is 6.72. The molecular weight excluding hydrogens is 262 g/mol. The van der Waals surface area contributed by atoms with Crippen molar-refractivity contribution < 1.29 is 9.90 Å². The summed E-state index contributed by atoms with van der Waals surface area (Å²) in [5.74, 6) is 0.780. The van der Waals surface area contributed by atoms with Crippen molar-refractivity contribution in [2.24, 2.45) is 5.92 Å². The third kappa shape index (κ3) is 3.21. The standard InChI is InChI=1S/C15H20ClNO2/c1-10-9-13(3-4-14(10)18)15(19)17-7-5-12(6-8-17)11(2)16/h3-4,9,11-12,18H,5-8H2,1-2H3. The van der Waals surface area contributed by atoms with Crippen LogP contribution in [0.1, 0.15) is 35.7 Å². The van der Waals surface area contributed by atoms with Gasteiger partial charge in [-0.1, -0.05) is 0 Å². The highest BCUT2D eigenvalue weighted by atomic mass is 35.5. The predicted molar refractivity (Wildman–Crippen MR) is 76.8 cm³/mol. The third-order valence-corrected chi connectivity index (χ3v) is 4.28. The topological polar surface area (TPSA) is 40.5 Å². The summed E-state index contributed by atoms with van der Waals surface area (Å²) in [5, 5.41) is 9.67. The van der Waals surface area contributed by atoms with E-state index in [4.69, 9.17) is 11.6 Å². The lowest BCUT2D eigenvalue weighted by Crippen LogP contribution is -2.40. The molecule has 1 unspecified atom stereocenters. The number of halogens is 1. The van der Waals surface area contributed by atoms with Gasteiger partial charge in [-0.05, 0) is 56.4 Å². The minimum atomic E-state index is 0.0452. The van der Waals surface area contributed by atoms with Gasteiger partial charge in [0.1, 0.15) is 5.75 Å². The average Bonchev–Trinajstić information content (AvgIpc) is 2.41. The Morgan fingerprint density at radius 3 is 2.58 bits per heavy atom. The van der Waals surface area contributed by atoms with Gasteiger partial charge in [0.05, 0.1) is 0 Å². The van der Waals surface area contributed by atoms with E-state index in [9.17, 15) is 9.90 Å². The molecule has 0 saturated carbocycles. The molecule has 0 aromatic heterocycles. The lowest BCUT2D eigenvalue weighted by atomic mass is 9.93. The Morgan fingerprint density at radius 1 is 1.42 bits per heavy atom. The zero-order chi connectivity index (χ0) is 14.0. The number of rotatable bonds is 2. The molecule has 1 aliphatic rings. The molecule has 1 aromatic rings. The van der Waals surface area contributed by atoms with Crippen molar-refractivity contribution >= 4 is 17.5 Å². The molecule has 0 aliphatic carbocycles. The van der Waals surface area contributed by atoms with Crippen LogP contribution in [0, 0.1) is 12.8 Å². The Hall–Kier alpha value is -1.22. The second kappa shape index (κ2) is 5.83. The molecule has 1 heterocycles. The Balaban J connectivity index is 2.03. The van der Waals surface area contributed by atoms with Crippen LogP contribution in [-0.2, 0) is 0 Å². The minimum absolute atomic E-state index is 0.0452. The Morgan fingerprint density at radius 2 is 2.05 bits per heavy atom. The smallest absolute Gasteiger partial charge is 0.253 e. The van der Waals surface area contributed by atoms with Crippen molar-refractivity contribution in [2.45, 2.75) is 32.1 Å². The van der Waals surface area contributed by atoms with Crippen LogP contribution in [0.15, 0.2) is 18.2 Å². The van der Waals surface area contributed by atoms with Crippen molar-refractivity contribution in [3.05, 3.63) is 29.3 Å². The van der Waals surface area contributed by atoms with Gasteiger partial charge in [-0.2, -0.15) is 0 Å². The molecule has 0 bridgehead atoms. The molecule has 1 N–H and O–H groups in total. The summed E-state index contributed by atoms with van der Waals surface area (Å²) in [6.07, 6.45) is 1.93. The number of phenolic OH excluding ortho intramolecular Hbond substituents is 1. The van der Waals surface area contributed by atoms with E-state index in [1.54, 1.807) is 25.1 Å². The SMILES string of the molecule is Cc1cc(C(=O)N2CCC(C(C)Cl)CC2)ccc1O. The van der Waals surface area contributed by atoms with Gasteiger partial charge in [0, 0.05) is 24.0 Å². The number of aryl methyl sites for hydroxylation is 1. The van der Waals surface area contributed by atoms with Crippen molar-refractivity contribution in [1.82, 2.24) is 4.90 Å². The van der Waals surface area contributed by atoms with Crippen LogP contribution in [0.2, 0.25) is 0 Å². The number of carbonyl (C=O) groups excluding carboxylic acids is 1. The first kappa shape index (κ1) is 14.2.